The van der Waals surface area contributed by atoms with E-state index in [1.54, 1.807) is 43.3 Å². The number of nitrogens with two attached hydrogens (primary N) is 1. The zero-order valence-electron chi connectivity index (χ0n) is 31.6. The Labute approximate surface area is 322 Å². The summed E-state index contributed by atoms with van der Waals surface area (Å²) in [5.74, 6) is -4.39. The number of Topliss-reactive ketones (excluding diaryl/α,β-unsaturated/α-hetero) is 1. The monoisotopic (exact) mass is 757 g/mol. The van der Waals surface area contributed by atoms with Crippen LogP contribution in [0.5, 0.6) is 0 Å². The molecule has 2 aliphatic heterocycles. The summed E-state index contributed by atoms with van der Waals surface area (Å²) in [5, 5.41) is 16.4. The Morgan fingerprint density at radius 3 is 2.09 bits per heavy atom. The molecule has 296 valence electrons. The van der Waals surface area contributed by atoms with Gasteiger partial charge in [0.2, 0.25) is 35.3 Å². The van der Waals surface area contributed by atoms with Crippen molar-refractivity contribution >= 4 is 41.2 Å². The van der Waals surface area contributed by atoms with Crippen molar-refractivity contribution < 1.29 is 33.6 Å². The first-order valence-electron chi connectivity index (χ1n) is 19.3. The SMILES string of the molecule is C=C(N)[C@@H](NC(=O)CNC(=O)C(=O)C(CCC)NC(=O)[C@@H]1CCCCNC(=O)Cc2ccc(cc2)CC(=O)N[C@@H](C2CCCCC2)C(=O)N1)c1ccccc1. The summed E-state index contributed by atoms with van der Waals surface area (Å²) in [5.41, 5.74) is 8.32. The number of carbonyl (C=O) groups excluding carboxylic acids is 7. The Bertz CT molecular complexity index is 1680. The van der Waals surface area contributed by atoms with Gasteiger partial charge in [0.05, 0.1) is 31.5 Å². The second-order valence-electron chi connectivity index (χ2n) is 14.4. The third-order valence-corrected chi connectivity index (χ3v) is 10.00. The topological polar surface area (TPSA) is 218 Å². The number of carbonyl (C=O) groups is 7. The zero-order chi connectivity index (χ0) is 39.7. The molecule has 1 unspecified atom stereocenters. The molecule has 55 heavy (non-hydrogen) atoms. The van der Waals surface area contributed by atoms with E-state index in [0.29, 0.717) is 31.4 Å². The van der Waals surface area contributed by atoms with Gasteiger partial charge in [-0.05, 0) is 61.1 Å². The fourth-order valence-electron chi connectivity index (χ4n) is 7.01. The molecule has 6 amide bonds. The molecule has 14 nitrogen and oxygen atoms in total. The molecule has 2 aromatic rings. The zero-order valence-corrected chi connectivity index (χ0v) is 31.6. The Morgan fingerprint density at radius 2 is 1.45 bits per heavy atom. The van der Waals surface area contributed by atoms with Crippen molar-refractivity contribution in [3.63, 3.8) is 0 Å². The van der Waals surface area contributed by atoms with Crippen LogP contribution in [0.2, 0.25) is 0 Å². The molecule has 0 saturated heterocycles. The number of hydrogen-bond donors (Lipinski definition) is 7. The second kappa shape index (κ2) is 21.4. The molecule has 4 atom stereocenters. The van der Waals surface area contributed by atoms with E-state index in [2.05, 4.69) is 38.5 Å². The highest BCUT2D eigenvalue weighted by atomic mass is 16.2. The van der Waals surface area contributed by atoms with Gasteiger partial charge in [-0.3, -0.25) is 33.6 Å². The van der Waals surface area contributed by atoms with E-state index in [4.69, 9.17) is 5.73 Å². The van der Waals surface area contributed by atoms with E-state index >= 15 is 0 Å². The molecular formula is C41H55N7O7. The van der Waals surface area contributed by atoms with E-state index in [0.717, 1.165) is 43.2 Å². The summed E-state index contributed by atoms with van der Waals surface area (Å²) < 4.78 is 0. The molecule has 2 aromatic carbocycles. The lowest BCUT2D eigenvalue weighted by Gasteiger charge is -2.31. The molecule has 0 radical (unpaired) electrons. The van der Waals surface area contributed by atoms with Gasteiger partial charge in [-0.1, -0.05) is 93.8 Å². The molecule has 5 rings (SSSR count). The van der Waals surface area contributed by atoms with Gasteiger partial charge in [0.25, 0.3) is 5.91 Å². The van der Waals surface area contributed by atoms with Crippen molar-refractivity contribution in [3.8, 4) is 0 Å². The number of rotatable bonds is 12. The number of fused-ring (bicyclic) bond motifs is 15. The maximum atomic E-state index is 14.0. The highest BCUT2D eigenvalue weighted by Crippen LogP contribution is 2.27. The third-order valence-electron chi connectivity index (χ3n) is 10.00. The minimum absolute atomic E-state index is 0.0351. The van der Waals surface area contributed by atoms with Crippen molar-refractivity contribution in [3.05, 3.63) is 83.6 Å². The maximum absolute atomic E-state index is 14.0. The van der Waals surface area contributed by atoms with Crippen LogP contribution in [0.4, 0.5) is 0 Å². The van der Waals surface area contributed by atoms with Crippen LogP contribution in [-0.2, 0) is 46.4 Å². The van der Waals surface area contributed by atoms with Crippen molar-refractivity contribution in [1.29, 1.82) is 0 Å². The molecule has 1 aliphatic carbocycles. The number of ketones is 1. The van der Waals surface area contributed by atoms with Crippen molar-refractivity contribution in [1.82, 2.24) is 31.9 Å². The van der Waals surface area contributed by atoms with Crippen LogP contribution in [0.3, 0.4) is 0 Å². The number of nitrogens with one attached hydrogen (secondary N) is 6. The molecule has 0 aromatic heterocycles. The van der Waals surface area contributed by atoms with Crippen molar-refractivity contribution in [2.45, 2.75) is 108 Å². The van der Waals surface area contributed by atoms with E-state index < -0.39 is 60.1 Å². The minimum atomic E-state index is -1.23. The van der Waals surface area contributed by atoms with Crippen molar-refractivity contribution in [2.24, 2.45) is 11.7 Å². The molecule has 1 fully saturated rings. The summed E-state index contributed by atoms with van der Waals surface area (Å²) in [6.07, 6.45) is 6.28. The average molecular weight is 758 g/mol. The third kappa shape index (κ3) is 13.4. The van der Waals surface area contributed by atoms with Crippen molar-refractivity contribution in [2.75, 3.05) is 13.1 Å². The van der Waals surface area contributed by atoms with Gasteiger partial charge in [-0.15, -0.1) is 0 Å². The summed E-state index contributed by atoms with van der Waals surface area (Å²) in [6.45, 7) is 5.35. The van der Waals surface area contributed by atoms with Crippen LogP contribution in [0.1, 0.15) is 93.9 Å². The lowest BCUT2D eigenvalue weighted by Crippen LogP contribution is -2.58. The molecule has 3 aliphatic rings. The quantitative estimate of drug-likeness (QED) is 0.158. The van der Waals surface area contributed by atoms with Crippen LogP contribution < -0.4 is 37.6 Å². The first-order valence-corrected chi connectivity index (χ1v) is 19.3. The first-order chi connectivity index (χ1) is 26.4. The Balaban J connectivity index is 1.45. The van der Waals surface area contributed by atoms with Crippen LogP contribution in [0, 0.1) is 5.92 Å². The van der Waals surface area contributed by atoms with E-state index in [9.17, 15) is 33.6 Å². The highest BCUT2D eigenvalue weighted by molar-refractivity contribution is 6.38. The maximum Gasteiger partial charge on any atom is 0.290 e. The predicted octanol–water partition coefficient (Wildman–Crippen LogP) is 1.92. The normalized spacial score (nSPS) is 19.9. The van der Waals surface area contributed by atoms with E-state index in [-0.39, 0.29) is 49.1 Å². The first kappa shape index (κ1) is 42.2. The summed E-state index contributed by atoms with van der Waals surface area (Å²) >= 11 is 0. The van der Waals surface area contributed by atoms with Crippen LogP contribution >= 0.6 is 0 Å². The molecule has 1 saturated carbocycles. The fraction of sp³-hybridized carbons (Fsp3) is 0.488. The second-order valence-corrected chi connectivity index (χ2v) is 14.4. The number of benzene rings is 2. The average Bonchev–Trinajstić information content (AvgIpc) is 3.17. The van der Waals surface area contributed by atoms with E-state index in [1.165, 1.54) is 0 Å². The lowest BCUT2D eigenvalue weighted by atomic mass is 9.83. The summed E-state index contributed by atoms with van der Waals surface area (Å²) in [6, 6.07) is 12.2. The lowest BCUT2D eigenvalue weighted by molar-refractivity contribution is -0.141. The molecule has 0 spiro atoms. The Hall–Kier alpha value is -5.53. The molecule has 2 bridgehead atoms. The largest absolute Gasteiger partial charge is 0.401 e. The molecule has 14 heteroatoms. The van der Waals surface area contributed by atoms with E-state index in [1.807, 2.05) is 18.2 Å². The highest BCUT2D eigenvalue weighted by Gasteiger charge is 2.35. The van der Waals surface area contributed by atoms with Crippen LogP contribution in [-0.4, -0.2) is 72.4 Å². The van der Waals surface area contributed by atoms with Gasteiger partial charge < -0.3 is 37.6 Å². The van der Waals surface area contributed by atoms with Crippen LogP contribution in [0.25, 0.3) is 0 Å². The minimum Gasteiger partial charge on any atom is -0.401 e. The Morgan fingerprint density at radius 1 is 0.818 bits per heavy atom. The molecule has 8 N–H and O–H groups in total. The fourth-order valence-corrected chi connectivity index (χ4v) is 7.01. The van der Waals surface area contributed by atoms with Gasteiger partial charge in [-0.25, -0.2) is 0 Å². The van der Waals surface area contributed by atoms with Gasteiger partial charge in [0.15, 0.2) is 0 Å². The van der Waals surface area contributed by atoms with Gasteiger partial charge in [0, 0.05) is 12.2 Å². The van der Waals surface area contributed by atoms with Gasteiger partial charge in [-0.2, -0.15) is 0 Å². The number of amides is 6. The summed E-state index contributed by atoms with van der Waals surface area (Å²) in [7, 11) is 0. The predicted molar refractivity (Wildman–Crippen MR) is 207 cm³/mol. The molecule has 2 heterocycles. The van der Waals surface area contributed by atoms with Crippen LogP contribution in [0.15, 0.2) is 66.9 Å². The smallest absolute Gasteiger partial charge is 0.290 e. The standard InChI is InChI=1S/C41H55N7O7/c1-3-12-31(38(52)41(55)44-25-35(51)48-36(26(2)42)29-13-6-4-7-14-29)45-39(53)32-17-10-11-22-43-33(49)23-27-18-20-28(21-19-27)24-34(50)47-37(40(54)46-32)30-15-8-5-9-16-30/h4,6-7,13-14,18-21,30-32,36-37H,2-3,5,8-12,15-17,22-25,42H2,1H3,(H,43,49)(H,44,55)(H,45,53)(H,46,54)(H,47,50)(H,48,51)/t31?,32-,36+,37-/m0/s1. The summed E-state index contributed by atoms with van der Waals surface area (Å²) in [4.78, 5) is 92.8. The van der Waals surface area contributed by atoms with Gasteiger partial charge >= 0.3 is 0 Å². The van der Waals surface area contributed by atoms with Gasteiger partial charge in [0.1, 0.15) is 12.1 Å². The Kier molecular flexibility index (Phi) is 16.4. The number of hydrogen-bond acceptors (Lipinski definition) is 8. The molecular weight excluding hydrogens is 702 g/mol.